The average molecular weight is 249 g/mol. The number of hydrogen-bond acceptors (Lipinski definition) is 2. The van der Waals surface area contributed by atoms with Crippen molar-refractivity contribution in [3.63, 3.8) is 0 Å². The fraction of sp³-hybridized carbons (Fsp3) is 0.625. The number of hydrogen-bond donors (Lipinski definition) is 2. The number of nitrogens with one attached hydrogen (secondary N) is 1. The van der Waals surface area contributed by atoms with Gasteiger partial charge in [0.2, 0.25) is 0 Å². The molecular weight excluding hydrogens is 222 g/mol. The van der Waals surface area contributed by atoms with Gasteiger partial charge in [0.25, 0.3) is 0 Å². The lowest BCUT2D eigenvalue weighted by Crippen LogP contribution is -2.43. The van der Waals surface area contributed by atoms with Crippen LogP contribution in [0.4, 0.5) is 0 Å². The van der Waals surface area contributed by atoms with Crippen molar-refractivity contribution in [2.24, 2.45) is 5.92 Å². The summed E-state index contributed by atoms with van der Waals surface area (Å²) < 4.78 is 0. The molecule has 0 aliphatic heterocycles. The van der Waals surface area contributed by atoms with Crippen LogP contribution in [0, 0.1) is 5.92 Å². The van der Waals surface area contributed by atoms with Crippen LogP contribution in [0.2, 0.25) is 0 Å². The molecule has 1 aromatic rings. The van der Waals surface area contributed by atoms with Gasteiger partial charge in [0.1, 0.15) is 0 Å². The molecule has 0 amide bonds. The van der Waals surface area contributed by atoms with Gasteiger partial charge in [0.05, 0.1) is 5.60 Å². The first-order valence-electron chi connectivity index (χ1n) is 6.89. The van der Waals surface area contributed by atoms with Gasteiger partial charge >= 0.3 is 0 Å². The molecule has 1 aromatic carbocycles. The molecule has 2 heteroatoms. The van der Waals surface area contributed by atoms with E-state index < -0.39 is 5.60 Å². The Morgan fingerprint density at radius 2 is 1.78 bits per heavy atom. The van der Waals surface area contributed by atoms with Crippen molar-refractivity contribution >= 4 is 0 Å². The van der Waals surface area contributed by atoms with E-state index >= 15 is 0 Å². The summed E-state index contributed by atoms with van der Waals surface area (Å²) in [4.78, 5) is 0. The smallest absolute Gasteiger partial charge is 0.0746 e. The van der Waals surface area contributed by atoms with E-state index in [1.165, 1.54) is 5.56 Å². The van der Waals surface area contributed by atoms with Crippen LogP contribution in [0.15, 0.2) is 30.3 Å². The average Bonchev–Trinajstić information content (AvgIpc) is 2.26. The van der Waals surface area contributed by atoms with Crippen LogP contribution < -0.4 is 5.32 Å². The highest BCUT2D eigenvalue weighted by atomic mass is 16.3. The summed E-state index contributed by atoms with van der Waals surface area (Å²) in [6.45, 7) is 9.01. The van der Waals surface area contributed by atoms with E-state index in [0.717, 1.165) is 12.8 Å². The van der Waals surface area contributed by atoms with E-state index in [2.05, 4.69) is 50.4 Å². The van der Waals surface area contributed by atoms with Gasteiger partial charge in [0, 0.05) is 12.6 Å². The van der Waals surface area contributed by atoms with Crippen molar-refractivity contribution in [1.29, 1.82) is 0 Å². The second-order valence-corrected chi connectivity index (χ2v) is 6.07. The summed E-state index contributed by atoms with van der Waals surface area (Å²) >= 11 is 0. The SMILES string of the molecule is CC(C)CC(C)(O)CNC(C)Cc1ccccc1. The number of aliphatic hydroxyl groups is 1. The summed E-state index contributed by atoms with van der Waals surface area (Å²) in [5.41, 5.74) is 0.722. The minimum atomic E-state index is -0.612. The zero-order valence-electron chi connectivity index (χ0n) is 12.1. The molecule has 0 spiro atoms. The molecule has 0 aromatic heterocycles. The Morgan fingerprint density at radius 1 is 1.17 bits per heavy atom. The van der Waals surface area contributed by atoms with Crippen molar-refractivity contribution in [2.75, 3.05) is 6.54 Å². The third-order valence-electron chi connectivity index (χ3n) is 3.06. The van der Waals surface area contributed by atoms with E-state index in [1.807, 2.05) is 13.0 Å². The van der Waals surface area contributed by atoms with Crippen LogP contribution in [0.25, 0.3) is 0 Å². The van der Waals surface area contributed by atoms with Gasteiger partial charge in [-0.1, -0.05) is 44.2 Å². The molecule has 2 N–H and O–H groups in total. The van der Waals surface area contributed by atoms with E-state index in [1.54, 1.807) is 0 Å². The van der Waals surface area contributed by atoms with Gasteiger partial charge in [-0.15, -0.1) is 0 Å². The van der Waals surface area contributed by atoms with Gasteiger partial charge in [0.15, 0.2) is 0 Å². The minimum Gasteiger partial charge on any atom is -0.389 e. The van der Waals surface area contributed by atoms with Gasteiger partial charge in [-0.25, -0.2) is 0 Å². The molecule has 102 valence electrons. The molecule has 0 saturated carbocycles. The molecule has 2 nitrogen and oxygen atoms in total. The Kier molecular flexibility index (Phi) is 5.83. The van der Waals surface area contributed by atoms with Crippen LogP contribution >= 0.6 is 0 Å². The maximum atomic E-state index is 10.2. The Labute approximate surface area is 111 Å². The van der Waals surface area contributed by atoms with Crippen molar-refractivity contribution in [1.82, 2.24) is 5.32 Å². The van der Waals surface area contributed by atoms with Gasteiger partial charge in [-0.05, 0) is 38.2 Å². The predicted octanol–water partition coefficient (Wildman–Crippen LogP) is 3.00. The Balaban J connectivity index is 2.35. The van der Waals surface area contributed by atoms with E-state index in [-0.39, 0.29) is 0 Å². The second-order valence-electron chi connectivity index (χ2n) is 6.07. The van der Waals surface area contributed by atoms with Crippen molar-refractivity contribution < 1.29 is 5.11 Å². The first-order chi connectivity index (χ1) is 8.39. The highest BCUT2D eigenvalue weighted by Crippen LogP contribution is 2.15. The highest BCUT2D eigenvalue weighted by Gasteiger charge is 2.22. The topological polar surface area (TPSA) is 32.3 Å². The van der Waals surface area contributed by atoms with Gasteiger partial charge in [-0.3, -0.25) is 0 Å². The zero-order valence-corrected chi connectivity index (χ0v) is 12.1. The van der Waals surface area contributed by atoms with Crippen molar-refractivity contribution in [2.45, 2.75) is 52.2 Å². The van der Waals surface area contributed by atoms with Crippen molar-refractivity contribution in [3.05, 3.63) is 35.9 Å². The largest absolute Gasteiger partial charge is 0.389 e. The van der Waals surface area contributed by atoms with Crippen molar-refractivity contribution in [3.8, 4) is 0 Å². The van der Waals surface area contributed by atoms with E-state index in [4.69, 9.17) is 0 Å². The molecule has 0 heterocycles. The number of rotatable bonds is 7. The molecule has 0 aliphatic rings. The highest BCUT2D eigenvalue weighted by molar-refractivity contribution is 5.15. The molecule has 0 bridgehead atoms. The summed E-state index contributed by atoms with van der Waals surface area (Å²) in [5.74, 6) is 0.520. The summed E-state index contributed by atoms with van der Waals surface area (Å²) in [6, 6.07) is 10.8. The fourth-order valence-corrected chi connectivity index (χ4v) is 2.39. The molecule has 2 unspecified atom stereocenters. The molecule has 0 radical (unpaired) electrons. The predicted molar refractivity (Wildman–Crippen MR) is 77.7 cm³/mol. The maximum Gasteiger partial charge on any atom is 0.0746 e. The van der Waals surface area contributed by atoms with Crippen LogP contribution in [0.3, 0.4) is 0 Å². The summed E-state index contributed by atoms with van der Waals surface area (Å²) in [7, 11) is 0. The Hall–Kier alpha value is -0.860. The zero-order chi connectivity index (χ0) is 13.6. The quantitative estimate of drug-likeness (QED) is 0.778. The Morgan fingerprint density at radius 3 is 2.33 bits per heavy atom. The molecule has 18 heavy (non-hydrogen) atoms. The summed E-state index contributed by atoms with van der Waals surface area (Å²) in [5, 5.41) is 13.7. The minimum absolute atomic E-state index is 0.381. The van der Waals surface area contributed by atoms with Crippen LogP contribution in [-0.2, 0) is 6.42 Å². The third-order valence-corrected chi connectivity index (χ3v) is 3.06. The maximum absolute atomic E-state index is 10.2. The monoisotopic (exact) mass is 249 g/mol. The molecule has 0 aliphatic carbocycles. The standard InChI is InChI=1S/C16H27NO/c1-13(2)11-16(4,18)12-17-14(3)10-15-8-6-5-7-9-15/h5-9,13-14,17-18H,10-12H2,1-4H3. The van der Waals surface area contributed by atoms with Crippen LogP contribution in [0.5, 0.6) is 0 Å². The first-order valence-corrected chi connectivity index (χ1v) is 6.89. The normalized spacial score (nSPS) is 16.6. The fourth-order valence-electron chi connectivity index (χ4n) is 2.39. The lowest BCUT2D eigenvalue weighted by atomic mass is 9.94. The molecule has 0 fully saturated rings. The molecule has 0 saturated heterocycles. The molecule has 2 atom stereocenters. The van der Waals surface area contributed by atoms with Crippen LogP contribution in [-0.4, -0.2) is 23.3 Å². The summed E-state index contributed by atoms with van der Waals surface area (Å²) in [6.07, 6.45) is 1.83. The second kappa shape index (κ2) is 6.91. The molecular formula is C16H27NO. The van der Waals surface area contributed by atoms with Gasteiger partial charge in [-0.2, -0.15) is 0 Å². The van der Waals surface area contributed by atoms with E-state index in [9.17, 15) is 5.11 Å². The first kappa shape index (κ1) is 15.2. The lowest BCUT2D eigenvalue weighted by Gasteiger charge is -2.27. The lowest BCUT2D eigenvalue weighted by molar-refractivity contribution is 0.0364. The van der Waals surface area contributed by atoms with E-state index in [0.29, 0.717) is 18.5 Å². The molecule has 1 rings (SSSR count). The van der Waals surface area contributed by atoms with Gasteiger partial charge < -0.3 is 10.4 Å². The Bertz CT molecular complexity index is 332. The third kappa shape index (κ3) is 6.18. The number of benzene rings is 1. The van der Waals surface area contributed by atoms with Crippen LogP contribution in [0.1, 0.15) is 39.7 Å².